The predicted molar refractivity (Wildman–Crippen MR) is 105 cm³/mol. The van der Waals surface area contributed by atoms with Gasteiger partial charge in [-0.15, -0.1) is 24.0 Å². The quantitative estimate of drug-likeness (QED) is 0.266. The third-order valence-electron chi connectivity index (χ3n) is 2.77. The molecule has 1 amide bonds. The number of benzene rings is 1. The monoisotopic (exact) mass is 434 g/mol. The highest BCUT2D eigenvalue weighted by molar-refractivity contribution is 14.0. The molecule has 0 atom stereocenters. The fourth-order valence-corrected chi connectivity index (χ4v) is 1.80. The van der Waals surface area contributed by atoms with E-state index in [9.17, 15) is 4.79 Å². The number of amides is 1. The molecule has 1 aromatic rings. The van der Waals surface area contributed by atoms with Crippen molar-refractivity contribution >= 4 is 35.8 Å². The molecular formula is C16H27IN4O2. The fraction of sp³-hybridized carbons (Fsp3) is 0.500. The number of carbonyl (C=O) groups is 1. The van der Waals surface area contributed by atoms with Crippen LogP contribution in [0.3, 0.4) is 0 Å². The van der Waals surface area contributed by atoms with Crippen LogP contribution in [0.4, 0.5) is 0 Å². The summed E-state index contributed by atoms with van der Waals surface area (Å²) in [6.45, 7) is 7.91. The first-order valence-electron chi connectivity index (χ1n) is 7.54. The number of methoxy groups -OCH3 is 1. The Labute approximate surface area is 155 Å². The number of ether oxygens (including phenoxy) is 1. The Morgan fingerprint density at radius 1 is 1.30 bits per heavy atom. The van der Waals surface area contributed by atoms with Crippen LogP contribution in [0.25, 0.3) is 0 Å². The maximum atomic E-state index is 12.0. The molecule has 23 heavy (non-hydrogen) atoms. The van der Waals surface area contributed by atoms with Crippen LogP contribution in [-0.2, 0) is 0 Å². The van der Waals surface area contributed by atoms with Crippen molar-refractivity contribution in [2.45, 2.75) is 26.8 Å². The van der Waals surface area contributed by atoms with Gasteiger partial charge in [-0.25, -0.2) is 0 Å². The molecule has 0 aliphatic rings. The minimum absolute atomic E-state index is 0. The van der Waals surface area contributed by atoms with Crippen LogP contribution in [0.15, 0.2) is 29.3 Å². The average Bonchev–Trinajstić information content (AvgIpc) is 2.51. The van der Waals surface area contributed by atoms with E-state index in [4.69, 9.17) is 4.74 Å². The lowest BCUT2D eigenvalue weighted by atomic mass is 10.2. The minimum Gasteiger partial charge on any atom is -0.497 e. The normalized spacial score (nSPS) is 10.7. The van der Waals surface area contributed by atoms with E-state index in [1.165, 1.54) is 0 Å². The highest BCUT2D eigenvalue weighted by atomic mass is 127. The topological polar surface area (TPSA) is 74.8 Å². The Bertz CT molecular complexity index is 507. The smallest absolute Gasteiger partial charge is 0.251 e. The Hall–Kier alpha value is -1.51. The van der Waals surface area contributed by atoms with Crippen molar-refractivity contribution in [2.75, 3.05) is 26.7 Å². The lowest BCUT2D eigenvalue weighted by Crippen LogP contribution is -2.41. The second kappa shape index (κ2) is 12.0. The zero-order valence-electron chi connectivity index (χ0n) is 14.2. The molecule has 0 heterocycles. The molecule has 0 bridgehead atoms. The molecule has 3 N–H and O–H groups in total. The van der Waals surface area contributed by atoms with Crippen molar-refractivity contribution in [3.8, 4) is 5.75 Å². The zero-order valence-corrected chi connectivity index (χ0v) is 16.5. The average molecular weight is 434 g/mol. The van der Waals surface area contributed by atoms with E-state index in [2.05, 4.69) is 34.8 Å². The number of aliphatic imine (C=N–C) groups is 1. The summed E-state index contributed by atoms with van der Waals surface area (Å²) in [5.74, 6) is 1.30. The number of halogens is 1. The van der Waals surface area contributed by atoms with Crippen LogP contribution in [0.5, 0.6) is 5.75 Å². The molecule has 0 saturated heterocycles. The zero-order chi connectivity index (χ0) is 16.4. The minimum atomic E-state index is -0.129. The lowest BCUT2D eigenvalue weighted by molar-refractivity contribution is 0.0954. The van der Waals surface area contributed by atoms with Gasteiger partial charge in [-0.3, -0.25) is 9.79 Å². The molecule has 130 valence electrons. The molecule has 0 saturated carbocycles. The van der Waals surface area contributed by atoms with Gasteiger partial charge in [0.25, 0.3) is 5.91 Å². The molecule has 1 aromatic carbocycles. The van der Waals surface area contributed by atoms with Gasteiger partial charge in [-0.2, -0.15) is 0 Å². The number of nitrogens with zero attached hydrogens (tertiary/aromatic N) is 1. The molecule has 0 aliphatic heterocycles. The van der Waals surface area contributed by atoms with Gasteiger partial charge in [0.15, 0.2) is 5.96 Å². The largest absolute Gasteiger partial charge is 0.497 e. The summed E-state index contributed by atoms with van der Waals surface area (Å²) in [7, 11) is 1.58. The van der Waals surface area contributed by atoms with Gasteiger partial charge < -0.3 is 20.7 Å². The highest BCUT2D eigenvalue weighted by Crippen LogP contribution is 2.12. The third kappa shape index (κ3) is 8.63. The summed E-state index contributed by atoms with van der Waals surface area (Å²) in [6.07, 6.45) is 0. The van der Waals surface area contributed by atoms with Crippen molar-refractivity contribution in [3.63, 3.8) is 0 Å². The molecule has 0 aliphatic carbocycles. The summed E-state index contributed by atoms with van der Waals surface area (Å²) in [4.78, 5) is 16.4. The summed E-state index contributed by atoms with van der Waals surface area (Å²) < 4.78 is 5.11. The Balaban J connectivity index is 0.00000484. The molecule has 6 nitrogen and oxygen atoms in total. The van der Waals surface area contributed by atoms with Gasteiger partial charge in [-0.05, 0) is 39.0 Å². The number of nitrogens with one attached hydrogen (secondary N) is 3. The summed E-state index contributed by atoms with van der Waals surface area (Å²) in [6, 6.07) is 7.38. The van der Waals surface area contributed by atoms with E-state index in [-0.39, 0.29) is 29.9 Å². The van der Waals surface area contributed by atoms with Crippen LogP contribution >= 0.6 is 24.0 Å². The first-order valence-corrected chi connectivity index (χ1v) is 7.54. The second-order valence-corrected chi connectivity index (χ2v) is 5.05. The number of guanidine groups is 1. The molecule has 1 rings (SSSR count). The SMILES string of the molecule is CCNC(=NCCNC(=O)c1cccc(OC)c1)NC(C)C.I. The van der Waals surface area contributed by atoms with Crippen LogP contribution in [0, 0.1) is 0 Å². The first-order chi connectivity index (χ1) is 10.6. The number of carbonyl (C=O) groups excluding carboxylic acids is 1. The van der Waals surface area contributed by atoms with Gasteiger partial charge in [-0.1, -0.05) is 6.07 Å². The van der Waals surface area contributed by atoms with Crippen LogP contribution in [-0.4, -0.2) is 44.7 Å². The Morgan fingerprint density at radius 3 is 2.65 bits per heavy atom. The first kappa shape index (κ1) is 21.5. The fourth-order valence-electron chi connectivity index (χ4n) is 1.80. The van der Waals surface area contributed by atoms with E-state index in [0.717, 1.165) is 12.5 Å². The Kier molecular flexibility index (Phi) is 11.2. The maximum absolute atomic E-state index is 12.0. The van der Waals surface area contributed by atoms with Crippen molar-refractivity contribution in [2.24, 2.45) is 4.99 Å². The standard InChI is InChI=1S/C16H26N4O2.HI/c1-5-17-16(20-12(2)3)19-10-9-18-15(21)13-7-6-8-14(11-13)22-4;/h6-8,11-12H,5,9-10H2,1-4H3,(H,18,21)(H2,17,19,20);1H. The second-order valence-electron chi connectivity index (χ2n) is 5.05. The lowest BCUT2D eigenvalue weighted by Gasteiger charge is -2.14. The summed E-state index contributed by atoms with van der Waals surface area (Å²) >= 11 is 0. The van der Waals surface area contributed by atoms with E-state index >= 15 is 0 Å². The number of rotatable bonds is 7. The van der Waals surface area contributed by atoms with E-state index < -0.39 is 0 Å². The van der Waals surface area contributed by atoms with Crippen molar-refractivity contribution in [1.82, 2.24) is 16.0 Å². The number of hydrogen-bond acceptors (Lipinski definition) is 3. The van der Waals surface area contributed by atoms with Gasteiger partial charge in [0.2, 0.25) is 0 Å². The molecule has 0 spiro atoms. The summed E-state index contributed by atoms with van der Waals surface area (Å²) in [5.41, 5.74) is 0.579. The molecule has 0 fully saturated rings. The van der Waals surface area contributed by atoms with E-state index in [1.807, 2.05) is 6.92 Å². The summed E-state index contributed by atoms with van der Waals surface area (Å²) in [5, 5.41) is 9.23. The van der Waals surface area contributed by atoms with Gasteiger partial charge in [0.1, 0.15) is 5.75 Å². The predicted octanol–water partition coefficient (Wildman–Crippen LogP) is 2.01. The van der Waals surface area contributed by atoms with E-state index in [1.54, 1.807) is 31.4 Å². The van der Waals surface area contributed by atoms with Gasteiger partial charge in [0.05, 0.1) is 13.7 Å². The van der Waals surface area contributed by atoms with E-state index in [0.29, 0.717) is 30.4 Å². The van der Waals surface area contributed by atoms with Crippen LogP contribution < -0.4 is 20.7 Å². The van der Waals surface area contributed by atoms with Crippen molar-refractivity contribution in [3.05, 3.63) is 29.8 Å². The number of hydrogen-bond donors (Lipinski definition) is 3. The molecular weight excluding hydrogens is 407 g/mol. The van der Waals surface area contributed by atoms with Crippen LogP contribution in [0.1, 0.15) is 31.1 Å². The van der Waals surface area contributed by atoms with Crippen molar-refractivity contribution in [1.29, 1.82) is 0 Å². The molecule has 0 unspecified atom stereocenters. The molecule has 7 heteroatoms. The van der Waals surface area contributed by atoms with Gasteiger partial charge >= 0.3 is 0 Å². The van der Waals surface area contributed by atoms with Gasteiger partial charge in [0, 0.05) is 24.7 Å². The highest BCUT2D eigenvalue weighted by Gasteiger charge is 2.05. The van der Waals surface area contributed by atoms with Crippen LogP contribution in [0.2, 0.25) is 0 Å². The Morgan fingerprint density at radius 2 is 2.04 bits per heavy atom. The third-order valence-corrected chi connectivity index (χ3v) is 2.77. The molecule has 0 radical (unpaired) electrons. The molecule has 0 aromatic heterocycles. The maximum Gasteiger partial charge on any atom is 0.251 e. The van der Waals surface area contributed by atoms with Crippen molar-refractivity contribution < 1.29 is 9.53 Å².